The Morgan fingerprint density at radius 2 is 1.79 bits per heavy atom. The Labute approximate surface area is 146 Å². The highest BCUT2D eigenvalue weighted by Gasteiger charge is 2.16. The van der Waals surface area contributed by atoms with Crippen LogP contribution in [0.4, 0.5) is 5.69 Å². The van der Waals surface area contributed by atoms with E-state index in [9.17, 15) is 4.79 Å². The number of hydrogen-bond acceptors (Lipinski definition) is 5. The van der Waals surface area contributed by atoms with Gasteiger partial charge in [0.1, 0.15) is 0 Å². The van der Waals surface area contributed by atoms with Crippen LogP contribution < -0.4 is 20.5 Å². The first kappa shape index (κ1) is 18.0. The minimum absolute atomic E-state index is 0.0392. The Kier molecular flexibility index (Phi) is 6.37. The third-order valence-corrected chi connectivity index (χ3v) is 4.74. The fourth-order valence-corrected chi connectivity index (χ4v) is 3.30. The molecule has 0 aliphatic carbocycles. The Morgan fingerprint density at radius 1 is 1.12 bits per heavy atom. The lowest BCUT2D eigenvalue weighted by Crippen LogP contribution is -2.24. The van der Waals surface area contributed by atoms with Crippen molar-refractivity contribution in [1.82, 2.24) is 5.32 Å². The fourth-order valence-electron chi connectivity index (χ4n) is 2.23. The van der Waals surface area contributed by atoms with E-state index in [1.807, 2.05) is 42.5 Å². The molecule has 0 fully saturated rings. The van der Waals surface area contributed by atoms with Gasteiger partial charge in [-0.05, 0) is 42.0 Å². The van der Waals surface area contributed by atoms with Crippen LogP contribution in [-0.4, -0.2) is 26.7 Å². The second kappa shape index (κ2) is 8.49. The van der Waals surface area contributed by atoms with E-state index in [1.54, 1.807) is 26.0 Å². The fraction of sp³-hybridized carbons (Fsp3) is 0.278. The van der Waals surface area contributed by atoms with Crippen molar-refractivity contribution in [3.63, 3.8) is 0 Å². The van der Waals surface area contributed by atoms with Crippen LogP contribution in [0, 0.1) is 0 Å². The lowest BCUT2D eigenvalue weighted by Gasteiger charge is -2.19. The highest BCUT2D eigenvalue weighted by molar-refractivity contribution is 7.99. The van der Waals surface area contributed by atoms with Crippen LogP contribution in [0.15, 0.2) is 47.4 Å². The molecule has 0 spiro atoms. The summed E-state index contributed by atoms with van der Waals surface area (Å²) in [4.78, 5) is 12.4. The minimum atomic E-state index is -0.0571. The predicted molar refractivity (Wildman–Crippen MR) is 97.7 cm³/mol. The highest BCUT2D eigenvalue weighted by Crippen LogP contribution is 2.38. The van der Waals surface area contributed by atoms with E-state index in [0.717, 1.165) is 16.1 Å². The first-order valence-corrected chi connectivity index (χ1v) is 8.40. The summed E-state index contributed by atoms with van der Waals surface area (Å²) >= 11 is 1.66. The van der Waals surface area contributed by atoms with Crippen LogP contribution in [0.1, 0.15) is 17.7 Å². The van der Waals surface area contributed by atoms with Gasteiger partial charge in [-0.25, -0.2) is 0 Å². The van der Waals surface area contributed by atoms with Gasteiger partial charge in [-0.1, -0.05) is 6.07 Å². The quantitative estimate of drug-likeness (QED) is 0.595. The van der Waals surface area contributed by atoms with Crippen molar-refractivity contribution in [1.29, 1.82) is 0 Å². The monoisotopic (exact) mass is 346 g/mol. The number of thioether (sulfide) groups is 1. The molecule has 0 saturated heterocycles. The average Bonchev–Trinajstić information content (AvgIpc) is 2.59. The summed E-state index contributed by atoms with van der Waals surface area (Å²) in [6.07, 6.45) is 0. The number of amides is 1. The first-order valence-electron chi connectivity index (χ1n) is 7.52. The normalized spacial score (nSPS) is 11.6. The van der Waals surface area contributed by atoms with E-state index < -0.39 is 0 Å². The van der Waals surface area contributed by atoms with Crippen molar-refractivity contribution in [2.75, 3.05) is 26.5 Å². The summed E-state index contributed by atoms with van der Waals surface area (Å²) in [5, 5.41) is 2.92. The van der Waals surface area contributed by atoms with Crippen molar-refractivity contribution in [3.05, 3.63) is 48.0 Å². The van der Waals surface area contributed by atoms with Gasteiger partial charge in [-0.2, -0.15) is 0 Å². The molecule has 0 saturated carbocycles. The molecule has 2 rings (SSSR count). The zero-order valence-corrected chi connectivity index (χ0v) is 14.9. The molecular formula is C18H22N2O3S. The number of methoxy groups -OCH3 is 2. The highest BCUT2D eigenvalue weighted by atomic mass is 32.2. The molecule has 6 heteroatoms. The molecule has 0 bridgehead atoms. The molecule has 0 aromatic heterocycles. The smallest absolute Gasteiger partial charge is 0.216 e. The number of benzene rings is 2. The van der Waals surface area contributed by atoms with Gasteiger partial charge < -0.3 is 20.5 Å². The van der Waals surface area contributed by atoms with Crippen molar-refractivity contribution in [2.24, 2.45) is 0 Å². The Bertz CT molecular complexity index is 689. The largest absolute Gasteiger partial charge is 0.493 e. The van der Waals surface area contributed by atoms with Crippen LogP contribution in [0.25, 0.3) is 0 Å². The molecule has 1 atom stereocenters. The number of rotatable bonds is 7. The zero-order chi connectivity index (χ0) is 17.5. The van der Waals surface area contributed by atoms with E-state index in [0.29, 0.717) is 18.0 Å². The van der Waals surface area contributed by atoms with Gasteiger partial charge in [0.05, 0.1) is 19.5 Å². The van der Waals surface area contributed by atoms with Crippen molar-refractivity contribution < 1.29 is 14.3 Å². The maximum atomic E-state index is 11.3. The van der Waals surface area contributed by atoms with Gasteiger partial charge in [0.15, 0.2) is 11.5 Å². The van der Waals surface area contributed by atoms with Crippen molar-refractivity contribution in [2.45, 2.75) is 17.1 Å². The van der Waals surface area contributed by atoms with Crippen LogP contribution in [0.3, 0.4) is 0 Å². The average molecular weight is 346 g/mol. The summed E-state index contributed by atoms with van der Waals surface area (Å²) in [5.74, 6) is 1.29. The summed E-state index contributed by atoms with van der Waals surface area (Å²) in [5.41, 5.74) is 7.51. The standard InChI is InChI=1S/C18H22N2O3S/c1-12(21)20-11-18(24-15-7-5-14(19)6-8-15)13-4-9-16(22-2)17(10-13)23-3/h4-10,18H,11,19H2,1-3H3,(H,20,21). The maximum Gasteiger partial charge on any atom is 0.216 e. The number of nitrogens with two attached hydrogens (primary N) is 1. The molecule has 0 radical (unpaired) electrons. The van der Waals surface area contributed by atoms with E-state index in [-0.39, 0.29) is 11.2 Å². The molecule has 5 nitrogen and oxygen atoms in total. The molecule has 0 heterocycles. The molecule has 3 N–H and O–H groups in total. The molecule has 1 unspecified atom stereocenters. The summed E-state index contributed by atoms with van der Waals surface area (Å²) in [6, 6.07) is 13.5. The molecule has 0 aliphatic heterocycles. The topological polar surface area (TPSA) is 73.6 Å². The second-order valence-corrected chi connectivity index (χ2v) is 6.50. The number of nitrogen functional groups attached to an aromatic ring is 1. The molecule has 2 aromatic carbocycles. The van der Waals surface area contributed by atoms with Crippen LogP contribution in [0.5, 0.6) is 11.5 Å². The van der Waals surface area contributed by atoms with Gasteiger partial charge in [0.2, 0.25) is 5.91 Å². The summed E-state index contributed by atoms with van der Waals surface area (Å²) in [6.45, 7) is 2.03. The van der Waals surface area contributed by atoms with Crippen molar-refractivity contribution >= 4 is 23.4 Å². The van der Waals surface area contributed by atoms with Gasteiger partial charge in [0.25, 0.3) is 0 Å². The van der Waals surface area contributed by atoms with Crippen LogP contribution in [0.2, 0.25) is 0 Å². The molecular weight excluding hydrogens is 324 g/mol. The van der Waals surface area contributed by atoms with Gasteiger partial charge in [0, 0.05) is 24.1 Å². The lowest BCUT2D eigenvalue weighted by molar-refractivity contribution is -0.118. The second-order valence-electron chi connectivity index (χ2n) is 5.23. The third-order valence-electron chi connectivity index (χ3n) is 3.47. The van der Waals surface area contributed by atoms with Crippen LogP contribution >= 0.6 is 11.8 Å². The summed E-state index contributed by atoms with van der Waals surface area (Å²) in [7, 11) is 3.22. The Hall–Kier alpha value is -2.34. The molecule has 24 heavy (non-hydrogen) atoms. The SMILES string of the molecule is COc1ccc(C(CNC(C)=O)Sc2ccc(N)cc2)cc1OC. The molecule has 0 aliphatic rings. The number of ether oxygens (including phenoxy) is 2. The van der Waals surface area contributed by atoms with E-state index >= 15 is 0 Å². The molecule has 128 valence electrons. The summed E-state index contributed by atoms with van der Waals surface area (Å²) < 4.78 is 10.7. The number of nitrogens with one attached hydrogen (secondary N) is 1. The minimum Gasteiger partial charge on any atom is -0.493 e. The van der Waals surface area contributed by atoms with E-state index in [4.69, 9.17) is 15.2 Å². The zero-order valence-electron chi connectivity index (χ0n) is 14.0. The van der Waals surface area contributed by atoms with E-state index in [1.165, 1.54) is 6.92 Å². The number of carbonyl (C=O) groups is 1. The Morgan fingerprint density at radius 3 is 2.38 bits per heavy atom. The first-order chi connectivity index (χ1) is 11.5. The van der Waals surface area contributed by atoms with E-state index in [2.05, 4.69) is 5.32 Å². The lowest BCUT2D eigenvalue weighted by atomic mass is 10.1. The maximum absolute atomic E-state index is 11.3. The number of carbonyl (C=O) groups excluding carboxylic acids is 1. The third kappa shape index (κ3) is 4.83. The van der Waals surface area contributed by atoms with Gasteiger partial charge >= 0.3 is 0 Å². The van der Waals surface area contributed by atoms with Gasteiger partial charge in [-0.15, -0.1) is 11.8 Å². The van der Waals surface area contributed by atoms with Crippen molar-refractivity contribution in [3.8, 4) is 11.5 Å². The van der Waals surface area contributed by atoms with Gasteiger partial charge in [-0.3, -0.25) is 4.79 Å². The predicted octanol–water partition coefficient (Wildman–Crippen LogP) is 3.26. The van der Waals surface area contributed by atoms with Crippen LogP contribution in [-0.2, 0) is 4.79 Å². The molecule has 2 aromatic rings. The number of anilines is 1. The molecule has 1 amide bonds. The Balaban J connectivity index is 2.27. The number of hydrogen-bond donors (Lipinski definition) is 2.